The van der Waals surface area contributed by atoms with Crippen molar-refractivity contribution >= 4 is 5.57 Å². The fourth-order valence-electron chi connectivity index (χ4n) is 0.982. The molecule has 0 radical (unpaired) electrons. The summed E-state index contributed by atoms with van der Waals surface area (Å²) >= 11 is 0. The van der Waals surface area contributed by atoms with Gasteiger partial charge >= 0.3 is 0 Å². The van der Waals surface area contributed by atoms with Crippen molar-refractivity contribution in [3.63, 3.8) is 0 Å². The van der Waals surface area contributed by atoms with E-state index in [1.54, 1.807) is 6.33 Å². The Kier molecular flexibility index (Phi) is 2.26. The monoisotopic (exact) mass is 136 g/mol. The second-order valence-electron chi connectivity index (χ2n) is 2.13. The minimum atomic E-state index is 1.05. The van der Waals surface area contributed by atoms with Gasteiger partial charge in [0.05, 0.1) is 18.2 Å². The number of hydrogen-bond acceptors (Lipinski definition) is 1. The number of rotatable bonds is 2. The molecule has 1 N–H and O–H groups in total. The van der Waals surface area contributed by atoms with Gasteiger partial charge in [0, 0.05) is 0 Å². The Bertz CT molecular complexity index is 209. The molecule has 0 aliphatic rings. The SMILES string of the molecule is C/C=C(\CC)c1cnc[nH]1. The Balaban J connectivity index is 2.85. The molecule has 2 heteroatoms. The standard InChI is InChI=1S/C8H12N2/c1-3-7(4-2)8-5-9-6-10-8/h3,5-6H,4H2,1-2H3,(H,9,10)/b7-3+. The Morgan fingerprint density at radius 2 is 2.60 bits per heavy atom. The predicted octanol–water partition coefficient (Wildman–Crippen LogP) is 2.22. The molecule has 1 aromatic rings. The molecular weight excluding hydrogens is 124 g/mol. The molecule has 0 spiro atoms. The molecule has 0 atom stereocenters. The molecule has 1 heterocycles. The molecular formula is C8H12N2. The highest BCUT2D eigenvalue weighted by Gasteiger charge is 1.96. The molecule has 0 aliphatic heterocycles. The number of imidazole rings is 1. The topological polar surface area (TPSA) is 28.7 Å². The number of hydrogen-bond donors (Lipinski definition) is 1. The van der Waals surface area contributed by atoms with Crippen molar-refractivity contribution < 1.29 is 0 Å². The molecule has 0 unspecified atom stereocenters. The van der Waals surface area contributed by atoms with Crippen molar-refractivity contribution in [1.82, 2.24) is 9.97 Å². The van der Waals surface area contributed by atoms with Crippen LogP contribution < -0.4 is 0 Å². The smallest absolute Gasteiger partial charge is 0.0924 e. The zero-order valence-corrected chi connectivity index (χ0v) is 6.39. The van der Waals surface area contributed by atoms with E-state index in [4.69, 9.17) is 0 Å². The van der Waals surface area contributed by atoms with Crippen LogP contribution >= 0.6 is 0 Å². The molecule has 10 heavy (non-hydrogen) atoms. The summed E-state index contributed by atoms with van der Waals surface area (Å²) < 4.78 is 0. The fourth-order valence-corrected chi connectivity index (χ4v) is 0.982. The lowest BCUT2D eigenvalue weighted by atomic mass is 10.1. The third kappa shape index (κ3) is 1.26. The average molecular weight is 136 g/mol. The first kappa shape index (κ1) is 7.06. The van der Waals surface area contributed by atoms with Gasteiger partial charge in [-0.05, 0) is 18.9 Å². The maximum Gasteiger partial charge on any atom is 0.0924 e. The van der Waals surface area contributed by atoms with Gasteiger partial charge < -0.3 is 4.98 Å². The van der Waals surface area contributed by atoms with Crippen molar-refractivity contribution in [2.24, 2.45) is 0 Å². The second kappa shape index (κ2) is 3.20. The van der Waals surface area contributed by atoms with Gasteiger partial charge in [-0.1, -0.05) is 13.0 Å². The summed E-state index contributed by atoms with van der Waals surface area (Å²) in [7, 11) is 0. The highest BCUT2D eigenvalue weighted by atomic mass is 14.9. The van der Waals surface area contributed by atoms with Crippen molar-refractivity contribution in [3.8, 4) is 0 Å². The summed E-state index contributed by atoms with van der Waals surface area (Å²) in [5, 5.41) is 0. The first-order valence-electron chi connectivity index (χ1n) is 3.52. The number of nitrogens with one attached hydrogen (secondary N) is 1. The van der Waals surface area contributed by atoms with Crippen molar-refractivity contribution in [2.75, 3.05) is 0 Å². The van der Waals surface area contributed by atoms with Crippen LogP contribution in [-0.2, 0) is 0 Å². The van der Waals surface area contributed by atoms with Crippen molar-refractivity contribution in [2.45, 2.75) is 20.3 Å². The molecule has 2 nitrogen and oxygen atoms in total. The van der Waals surface area contributed by atoms with Crippen LogP contribution in [0.25, 0.3) is 5.57 Å². The van der Waals surface area contributed by atoms with E-state index < -0.39 is 0 Å². The van der Waals surface area contributed by atoms with Crippen LogP contribution in [0.15, 0.2) is 18.6 Å². The molecule has 0 aliphatic carbocycles. The van der Waals surface area contributed by atoms with E-state index in [1.807, 2.05) is 13.1 Å². The summed E-state index contributed by atoms with van der Waals surface area (Å²) in [6.07, 6.45) is 6.71. The van der Waals surface area contributed by atoms with Gasteiger partial charge in [-0.15, -0.1) is 0 Å². The van der Waals surface area contributed by atoms with Crippen LogP contribution in [-0.4, -0.2) is 9.97 Å². The van der Waals surface area contributed by atoms with Gasteiger partial charge in [0.1, 0.15) is 0 Å². The maximum atomic E-state index is 3.94. The van der Waals surface area contributed by atoms with Crippen molar-refractivity contribution in [1.29, 1.82) is 0 Å². The Morgan fingerprint density at radius 1 is 1.80 bits per heavy atom. The molecule has 0 bridgehead atoms. The van der Waals surface area contributed by atoms with Crippen LogP contribution in [0.4, 0.5) is 0 Å². The van der Waals surface area contributed by atoms with Gasteiger partial charge in [0.2, 0.25) is 0 Å². The minimum Gasteiger partial charge on any atom is -0.345 e. The maximum absolute atomic E-state index is 3.94. The van der Waals surface area contributed by atoms with Gasteiger partial charge in [-0.25, -0.2) is 4.98 Å². The summed E-state index contributed by atoms with van der Waals surface area (Å²) in [5.74, 6) is 0. The lowest BCUT2D eigenvalue weighted by molar-refractivity contribution is 1.19. The summed E-state index contributed by atoms with van der Waals surface area (Å²) in [6, 6.07) is 0. The van der Waals surface area contributed by atoms with Crippen LogP contribution in [0.3, 0.4) is 0 Å². The Morgan fingerprint density at radius 3 is 3.00 bits per heavy atom. The van der Waals surface area contributed by atoms with E-state index in [0.29, 0.717) is 0 Å². The third-order valence-electron chi connectivity index (χ3n) is 1.57. The lowest BCUT2D eigenvalue weighted by Gasteiger charge is -1.96. The van der Waals surface area contributed by atoms with Crippen LogP contribution in [0.5, 0.6) is 0 Å². The van der Waals surface area contributed by atoms with E-state index in [2.05, 4.69) is 23.0 Å². The minimum absolute atomic E-state index is 1.05. The zero-order valence-electron chi connectivity index (χ0n) is 6.39. The first-order chi connectivity index (χ1) is 4.88. The molecule has 0 amide bonds. The third-order valence-corrected chi connectivity index (χ3v) is 1.57. The number of aromatic amines is 1. The quantitative estimate of drug-likeness (QED) is 0.663. The predicted molar refractivity (Wildman–Crippen MR) is 42.5 cm³/mol. The van der Waals surface area contributed by atoms with Gasteiger partial charge in [-0.2, -0.15) is 0 Å². The molecule has 1 aromatic heterocycles. The van der Waals surface area contributed by atoms with Gasteiger partial charge in [0.15, 0.2) is 0 Å². The lowest BCUT2D eigenvalue weighted by Crippen LogP contribution is -1.80. The van der Waals surface area contributed by atoms with E-state index >= 15 is 0 Å². The molecule has 1 rings (SSSR count). The number of nitrogens with zero attached hydrogens (tertiary/aromatic N) is 1. The number of allylic oxidation sites excluding steroid dienone is 2. The number of aromatic nitrogens is 2. The zero-order chi connectivity index (χ0) is 7.40. The average Bonchev–Trinajstić information content (AvgIpc) is 2.43. The van der Waals surface area contributed by atoms with E-state index in [1.165, 1.54) is 5.57 Å². The normalized spacial score (nSPS) is 12.0. The molecule has 54 valence electrons. The molecule has 0 saturated carbocycles. The van der Waals surface area contributed by atoms with Crippen LogP contribution in [0.1, 0.15) is 26.0 Å². The summed E-state index contributed by atoms with van der Waals surface area (Å²) in [5.41, 5.74) is 2.45. The highest BCUT2D eigenvalue weighted by Crippen LogP contribution is 2.13. The van der Waals surface area contributed by atoms with Crippen LogP contribution in [0, 0.1) is 0 Å². The molecule has 0 saturated heterocycles. The Labute approximate surface area is 61.0 Å². The van der Waals surface area contributed by atoms with E-state index in [9.17, 15) is 0 Å². The van der Waals surface area contributed by atoms with E-state index in [-0.39, 0.29) is 0 Å². The largest absolute Gasteiger partial charge is 0.345 e. The molecule has 0 aromatic carbocycles. The summed E-state index contributed by atoms with van der Waals surface area (Å²) in [6.45, 7) is 4.18. The van der Waals surface area contributed by atoms with Crippen LogP contribution in [0.2, 0.25) is 0 Å². The molecule has 0 fully saturated rings. The Hall–Kier alpha value is -1.05. The fraction of sp³-hybridized carbons (Fsp3) is 0.375. The van der Waals surface area contributed by atoms with E-state index in [0.717, 1.165) is 12.1 Å². The van der Waals surface area contributed by atoms with Gasteiger partial charge in [0.25, 0.3) is 0 Å². The van der Waals surface area contributed by atoms with Gasteiger partial charge in [-0.3, -0.25) is 0 Å². The number of H-pyrrole nitrogens is 1. The highest BCUT2D eigenvalue weighted by molar-refractivity contribution is 5.60. The second-order valence-corrected chi connectivity index (χ2v) is 2.13. The summed E-state index contributed by atoms with van der Waals surface area (Å²) in [4.78, 5) is 7.00. The van der Waals surface area contributed by atoms with Crippen molar-refractivity contribution in [3.05, 3.63) is 24.3 Å². The first-order valence-corrected chi connectivity index (χ1v) is 3.52.